The normalized spacial score (nSPS) is 11.3. The summed E-state index contributed by atoms with van der Waals surface area (Å²) in [5, 5.41) is 0.960. The molecule has 0 aromatic heterocycles. The Morgan fingerprint density at radius 1 is 1.00 bits per heavy atom. The van der Waals surface area contributed by atoms with E-state index in [1.165, 1.54) is 17.0 Å². The summed E-state index contributed by atoms with van der Waals surface area (Å²) in [5.74, 6) is 0.162. The molecule has 8 heteroatoms. The van der Waals surface area contributed by atoms with Gasteiger partial charge in [-0.25, -0.2) is 0 Å². The second kappa shape index (κ2) is 10.3. The van der Waals surface area contributed by atoms with Crippen LogP contribution in [-0.2, 0) is 19.1 Å². The Balaban J connectivity index is 1.87. The van der Waals surface area contributed by atoms with Gasteiger partial charge >= 0.3 is 6.18 Å². The fourth-order valence-corrected chi connectivity index (χ4v) is 3.70. The lowest BCUT2D eigenvalue weighted by molar-refractivity contribution is -0.137. The van der Waals surface area contributed by atoms with Crippen molar-refractivity contribution in [3.05, 3.63) is 99.0 Å². The number of methoxy groups -OCH3 is 1. The summed E-state index contributed by atoms with van der Waals surface area (Å²) in [6.07, 6.45) is -4.12. The van der Waals surface area contributed by atoms with Gasteiger partial charge in [-0.2, -0.15) is 13.2 Å². The molecule has 0 aliphatic rings. The van der Waals surface area contributed by atoms with Gasteiger partial charge < -0.3 is 9.64 Å². The molecule has 32 heavy (non-hydrogen) atoms. The summed E-state index contributed by atoms with van der Waals surface area (Å²) in [4.78, 5) is 14.7. The van der Waals surface area contributed by atoms with Gasteiger partial charge in [-0.1, -0.05) is 47.5 Å². The van der Waals surface area contributed by atoms with E-state index < -0.39 is 17.6 Å². The van der Waals surface area contributed by atoms with Gasteiger partial charge in [-0.3, -0.25) is 4.79 Å². The number of carbonyl (C=O) groups is 1. The van der Waals surface area contributed by atoms with Crippen LogP contribution in [0.4, 0.5) is 13.2 Å². The first-order valence-electron chi connectivity index (χ1n) is 9.71. The van der Waals surface area contributed by atoms with E-state index in [1.807, 2.05) is 0 Å². The molecule has 0 heterocycles. The Hall–Kier alpha value is -2.70. The molecule has 0 saturated carbocycles. The molecule has 3 rings (SSSR count). The fraction of sp³-hybridized carbons (Fsp3) is 0.208. The fourth-order valence-electron chi connectivity index (χ4n) is 3.19. The van der Waals surface area contributed by atoms with Crippen LogP contribution < -0.4 is 4.74 Å². The van der Waals surface area contributed by atoms with E-state index in [-0.39, 0.29) is 18.7 Å². The Kier molecular flexibility index (Phi) is 7.69. The van der Waals surface area contributed by atoms with Gasteiger partial charge in [0.1, 0.15) is 5.75 Å². The molecular weight excluding hydrogens is 462 g/mol. The highest BCUT2D eigenvalue weighted by atomic mass is 35.5. The second-order valence-corrected chi connectivity index (χ2v) is 7.98. The molecule has 3 aromatic rings. The van der Waals surface area contributed by atoms with Gasteiger partial charge in [0.2, 0.25) is 0 Å². The van der Waals surface area contributed by atoms with Crippen LogP contribution in [0.15, 0.2) is 66.7 Å². The number of carbonyl (C=O) groups excluding carboxylic acids is 1. The number of rotatable bonds is 7. The number of halogens is 5. The zero-order valence-electron chi connectivity index (χ0n) is 17.1. The van der Waals surface area contributed by atoms with Crippen molar-refractivity contribution in [1.82, 2.24) is 4.90 Å². The van der Waals surface area contributed by atoms with Crippen LogP contribution in [0.3, 0.4) is 0 Å². The highest BCUT2D eigenvalue weighted by Crippen LogP contribution is 2.30. The van der Waals surface area contributed by atoms with E-state index in [0.29, 0.717) is 22.2 Å². The van der Waals surface area contributed by atoms with Gasteiger partial charge in [-0.15, -0.1) is 0 Å². The first kappa shape index (κ1) is 24.0. The third-order valence-electron chi connectivity index (χ3n) is 4.92. The van der Waals surface area contributed by atoms with Gasteiger partial charge in [0.05, 0.1) is 12.7 Å². The highest BCUT2D eigenvalue weighted by molar-refractivity contribution is 6.35. The van der Waals surface area contributed by atoms with E-state index in [2.05, 4.69) is 0 Å². The summed E-state index contributed by atoms with van der Waals surface area (Å²) >= 11 is 12.2. The lowest BCUT2D eigenvalue weighted by Crippen LogP contribution is -2.32. The molecular formula is C24H20Cl2F3NO2. The van der Waals surface area contributed by atoms with Crippen molar-refractivity contribution in [1.29, 1.82) is 0 Å². The molecule has 3 nitrogen and oxygen atoms in total. The monoisotopic (exact) mass is 481 g/mol. The average Bonchev–Trinajstić information content (AvgIpc) is 2.77. The molecule has 1 amide bonds. The maximum Gasteiger partial charge on any atom is 0.416 e. The van der Waals surface area contributed by atoms with Crippen molar-refractivity contribution in [2.24, 2.45) is 0 Å². The van der Waals surface area contributed by atoms with Crippen LogP contribution in [-0.4, -0.2) is 24.5 Å². The largest absolute Gasteiger partial charge is 0.497 e. The van der Waals surface area contributed by atoms with Gasteiger partial charge in [-0.05, 0) is 60.0 Å². The number of nitrogens with zero attached hydrogens (tertiary/aromatic N) is 1. The highest BCUT2D eigenvalue weighted by Gasteiger charge is 2.31. The van der Waals surface area contributed by atoms with Crippen LogP contribution in [0.2, 0.25) is 10.0 Å². The standard InChI is InChI=1S/C24H20Cl2F3NO2/c1-32-21-9-5-16(6-10-21)15-30(12-11-17-7-8-20(25)14-22(17)26)23(31)18-3-2-4-19(13-18)24(27,28)29/h2-10,13-14H,11-12,15H2,1H3. The number of hydrogen-bond acceptors (Lipinski definition) is 2. The Labute approximate surface area is 194 Å². The minimum atomic E-state index is -4.53. The van der Waals surface area contributed by atoms with E-state index >= 15 is 0 Å². The second-order valence-electron chi connectivity index (χ2n) is 7.14. The summed E-state index contributed by atoms with van der Waals surface area (Å²) in [7, 11) is 1.55. The molecule has 0 N–H and O–H groups in total. The third kappa shape index (κ3) is 6.17. The average molecular weight is 482 g/mol. The first-order chi connectivity index (χ1) is 15.2. The molecule has 0 fully saturated rings. The lowest BCUT2D eigenvalue weighted by atomic mass is 10.1. The van der Waals surface area contributed by atoms with E-state index in [4.69, 9.17) is 27.9 Å². The lowest BCUT2D eigenvalue weighted by Gasteiger charge is -2.24. The molecule has 0 aliphatic heterocycles. The summed E-state index contributed by atoms with van der Waals surface area (Å²) in [6.45, 7) is 0.465. The zero-order chi connectivity index (χ0) is 23.3. The molecule has 0 unspecified atom stereocenters. The number of alkyl halides is 3. The summed E-state index contributed by atoms with van der Waals surface area (Å²) < 4.78 is 44.6. The number of benzene rings is 3. The smallest absolute Gasteiger partial charge is 0.416 e. The number of hydrogen-bond donors (Lipinski definition) is 0. The number of ether oxygens (including phenoxy) is 1. The Bertz CT molecular complexity index is 1090. The van der Waals surface area contributed by atoms with Gasteiger partial charge in [0, 0.05) is 28.7 Å². The molecule has 0 atom stereocenters. The third-order valence-corrected chi connectivity index (χ3v) is 5.51. The minimum Gasteiger partial charge on any atom is -0.497 e. The minimum absolute atomic E-state index is 0.0319. The van der Waals surface area contributed by atoms with Crippen molar-refractivity contribution in [2.45, 2.75) is 19.1 Å². The SMILES string of the molecule is COc1ccc(CN(CCc2ccc(Cl)cc2Cl)C(=O)c2cccc(C(F)(F)F)c2)cc1. The van der Waals surface area contributed by atoms with Crippen LogP contribution in [0.5, 0.6) is 5.75 Å². The van der Waals surface area contributed by atoms with Crippen LogP contribution in [0.25, 0.3) is 0 Å². The zero-order valence-corrected chi connectivity index (χ0v) is 18.6. The van der Waals surface area contributed by atoms with Crippen LogP contribution in [0.1, 0.15) is 27.0 Å². The molecule has 0 bridgehead atoms. The predicted octanol–water partition coefficient (Wildman–Crippen LogP) is 6.91. The molecule has 0 spiro atoms. The van der Waals surface area contributed by atoms with Crippen LogP contribution >= 0.6 is 23.2 Å². The van der Waals surface area contributed by atoms with E-state index in [9.17, 15) is 18.0 Å². The summed E-state index contributed by atoms with van der Waals surface area (Å²) in [5.41, 5.74) is 0.699. The van der Waals surface area contributed by atoms with Crippen molar-refractivity contribution >= 4 is 29.1 Å². The number of amides is 1. The van der Waals surface area contributed by atoms with Gasteiger partial charge in [0.15, 0.2) is 0 Å². The molecule has 0 radical (unpaired) electrons. The van der Waals surface area contributed by atoms with Crippen molar-refractivity contribution in [2.75, 3.05) is 13.7 Å². The first-order valence-corrected chi connectivity index (χ1v) is 10.5. The van der Waals surface area contributed by atoms with Crippen molar-refractivity contribution in [3.63, 3.8) is 0 Å². The topological polar surface area (TPSA) is 29.5 Å². The van der Waals surface area contributed by atoms with Gasteiger partial charge in [0.25, 0.3) is 5.91 Å². The van der Waals surface area contributed by atoms with E-state index in [0.717, 1.165) is 23.3 Å². The molecule has 168 valence electrons. The Morgan fingerprint density at radius 3 is 2.34 bits per heavy atom. The van der Waals surface area contributed by atoms with E-state index in [1.54, 1.807) is 49.6 Å². The molecule has 0 saturated heterocycles. The predicted molar refractivity (Wildman–Crippen MR) is 119 cm³/mol. The maximum atomic E-state index is 13.2. The Morgan fingerprint density at radius 2 is 1.72 bits per heavy atom. The summed E-state index contributed by atoms with van der Waals surface area (Å²) in [6, 6.07) is 16.6. The van der Waals surface area contributed by atoms with Crippen LogP contribution in [0, 0.1) is 0 Å². The maximum absolute atomic E-state index is 13.2. The van der Waals surface area contributed by atoms with Crippen molar-refractivity contribution < 1.29 is 22.7 Å². The molecule has 3 aromatic carbocycles. The quantitative estimate of drug-likeness (QED) is 0.367. The molecule has 0 aliphatic carbocycles. The van der Waals surface area contributed by atoms with Crippen molar-refractivity contribution in [3.8, 4) is 5.75 Å².